The van der Waals surface area contributed by atoms with E-state index in [2.05, 4.69) is 40.7 Å². The first kappa shape index (κ1) is 33.5. The second-order valence-corrected chi connectivity index (χ2v) is 12.4. The van der Waals surface area contributed by atoms with Crippen LogP contribution in [0.25, 0.3) is 0 Å². The predicted octanol–water partition coefficient (Wildman–Crippen LogP) is 10.4. The number of unbranched alkanes of at least 4 members (excludes halogenated alkanes) is 12. The quantitative estimate of drug-likeness (QED) is 0.130. The SMILES string of the molecule is CCCCCCCCCCC(CCCCCCCC)COC(=O)CCc1cc(C)c(O)c(C(C)(C)C)c1. The molecule has 0 radical (unpaired) electrons. The van der Waals surface area contributed by atoms with Gasteiger partial charge in [-0.2, -0.15) is 0 Å². The number of carbonyl (C=O) groups excluding carboxylic acids is 1. The van der Waals surface area contributed by atoms with Crippen molar-refractivity contribution < 1.29 is 14.6 Å². The van der Waals surface area contributed by atoms with Crippen LogP contribution in [0.3, 0.4) is 0 Å². The molecule has 3 heteroatoms. The lowest BCUT2D eigenvalue weighted by Crippen LogP contribution is -2.16. The van der Waals surface area contributed by atoms with Crippen LogP contribution in [0.1, 0.15) is 160 Å². The molecule has 0 saturated heterocycles. The minimum absolute atomic E-state index is 0.0908. The average molecular weight is 517 g/mol. The highest BCUT2D eigenvalue weighted by Crippen LogP contribution is 2.34. The first-order valence-corrected chi connectivity index (χ1v) is 15.7. The maximum absolute atomic E-state index is 12.6. The smallest absolute Gasteiger partial charge is 0.306 e. The zero-order chi connectivity index (χ0) is 27.5. The second kappa shape index (κ2) is 19.5. The Kier molecular flexibility index (Phi) is 17.7. The number of phenolic OH excluding ortho intramolecular Hbond substituents is 1. The fourth-order valence-electron chi connectivity index (χ4n) is 5.19. The Morgan fingerprint density at radius 3 is 1.78 bits per heavy atom. The van der Waals surface area contributed by atoms with Crippen LogP contribution in [0, 0.1) is 12.8 Å². The van der Waals surface area contributed by atoms with E-state index in [-0.39, 0.29) is 11.4 Å². The molecule has 0 aliphatic carbocycles. The van der Waals surface area contributed by atoms with Gasteiger partial charge in [-0.05, 0) is 54.2 Å². The number of rotatable bonds is 21. The Bertz CT molecular complexity index is 731. The zero-order valence-electron chi connectivity index (χ0n) is 25.4. The molecule has 0 saturated carbocycles. The summed E-state index contributed by atoms with van der Waals surface area (Å²) in [6.07, 6.45) is 22.0. The van der Waals surface area contributed by atoms with Crippen molar-refractivity contribution in [1.29, 1.82) is 0 Å². The van der Waals surface area contributed by atoms with Crippen LogP contribution >= 0.6 is 0 Å². The molecule has 3 nitrogen and oxygen atoms in total. The summed E-state index contributed by atoms with van der Waals surface area (Å²) in [4.78, 5) is 12.6. The number of carbonyl (C=O) groups is 1. The minimum atomic E-state index is -0.134. The molecule has 37 heavy (non-hydrogen) atoms. The van der Waals surface area contributed by atoms with E-state index in [0.717, 1.165) is 16.7 Å². The minimum Gasteiger partial charge on any atom is -0.507 e. The van der Waals surface area contributed by atoms with Crippen molar-refractivity contribution in [3.63, 3.8) is 0 Å². The number of hydrogen-bond donors (Lipinski definition) is 1. The van der Waals surface area contributed by atoms with Crippen molar-refractivity contribution in [1.82, 2.24) is 0 Å². The van der Waals surface area contributed by atoms with Crippen LogP contribution in [0.2, 0.25) is 0 Å². The van der Waals surface area contributed by atoms with Crippen molar-refractivity contribution in [3.8, 4) is 5.75 Å². The highest BCUT2D eigenvalue weighted by molar-refractivity contribution is 5.69. The molecule has 1 rings (SSSR count). The third-order valence-corrected chi connectivity index (χ3v) is 7.70. The lowest BCUT2D eigenvalue weighted by atomic mass is 9.83. The number of benzene rings is 1. The number of phenols is 1. The van der Waals surface area contributed by atoms with Gasteiger partial charge in [0.25, 0.3) is 0 Å². The number of ether oxygens (including phenoxy) is 1. The third kappa shape index (κ3) is 15.5. The summed E-state index contributed by atoms with van der Waals surface area (Å²) >= 11 is 0. The van der Waals surface area contributed by atoms with E-state index in [9.17, 15) is 9.90 Å². The van der Waals surface area contributed by atoms with Gasteiger partial charge < -0.3 is 9.84 Å². The molecule has 0 fully saturated rings. The van der Waals surface area contributed by atoms with Gasteiger partial charge in [0.1, 0.15) is 5.75 Å². The van der Waals surface area contributed by atoms with Gasteiger partial charge in [0.05, 0.1) is 6.61 Å². The topological polar surface area (TPSA) is 46.5 Å². The van der Waals surface area contributed by atoms with Crippen molar-refractivity contribution in [2.75, 3.05) is 6.61 Å². The zero-order valence-corrected chi connectivity index (χ0v) is 25.4. The summed E-state index contributed by atoms with van der Waals surface area (Å²) in [6.45, 7) is 13.4. The molecule has 1 aromatic rings. The Morgan fingerprint density at radius 1 is 0.811 bits per heavy atom. The number of aromatic hydroxyl groups is 1. The molecule has 1 N–H and O–H groups in total. The number of hydrogen-bond acceptors (Lipinski definition) is 3. The Labute approximate surface area is 230 Å². The normalized spacial score (nSPS) is 12.6. The summed E-state index contributed by atoms with van der Waals surface area (Å²) in [5.41, 5.74) is 2.78. The van der Waals surface area contributed by atoms with Gasteiger partial charge in [-0.25, -0.2) is 0 Å². The third-order valence-electron chi connectivity index (χ3n) is 7.70. The number of esters is 1. The average Bonchev–Trinajstić information content (AvgIpc) is 2.85. The van der Waals surface area contributed by atoms with Gasteiger partial charge in [-0.15, -0.1) is 0 Å². The van der Waals surface area contributed by atoms with E-state index in [1.807, 2.05) is 13.0 Å². The standard InChI is InChI=1S/C34H60O3/c1-7-9-11-13-15-16-18-20-22-29(21-19-17-14-12-10-8-2)27-37-32(35)24-23-30-25-28(3)33(36)31(26-30)34(4,5)6/h25-26,29,36H,7-24,27H2,1-6H3. The monoisotopic (exact) mass is 516 g/mol. The van der Waals surface area contributed by atoms with Crippen LogP contribution in [0.15, 0.2) is 12.1 Å². The van der Waals surface area contributed by atoms with Gasteiger partial charge in [0, 0.05) is 6.42 Å². The van der Waals surface area contributed by atoms with Crippen LogP contribution in [-0.2, 0) is 21.4 Å². The van der Waals surface area contributed by atoms with Gasteiger partial charge in [-0.1, -0.05) is 137 Å². The summed E-state index contributed by atoms with van der Waals surface area (Å²) in [7, 11) is 0. The van der Waals surface area contributed by atoms with Gasteiger partial charge in [-0.3, -0.25) is 4.79 Å². The molecule has 0 aromatic heterocycles. The Hall–Kier alpha value is -1.51. The molecular formula is C34H60O3. The lowest BCUT2D eigenvalue weighted by Gasteiger charge is -2.22. The number of aryl methyl sites for hydroxylation is 2. The van der Waals surface area contributed by atoms with Crippen LogP contribution in [-0.4, -0.2) is 17.7 Å². The van der Waals surface area contributed by atoms with Gasteiger partial charge in [0.2, 0.25) is 0 Å². The predicted molar refractivity (Wildman–Crippen MR) is 160 cm³/mol. The maximum atomic E-state index is 12.6. The van der Waals surface area contributed by atoms with Crippen LogP contribution in [0.4, 0.5) is 0 Å². The van der Waals surface area contributed by atoms with E-state index in [1.165, 1.54) is 103 Å². The molecule has 1 atom stereocenters. The van der Waals surface area contributed by atoms with Crippen LogP contribution in [0.5, 0.6) is 5.75 Å². The second-order valence-electron chi connectivity index (χ2n) is 12.4. The van der Waals surface area contributed by atoms with E-state index in [1.54, 1.807) is 0 Å². The van der Waals surface area contributed by atoms with E-state index in [4.69, 9.17) is 4.74 Å². The molecule has 1 unspecified atom stereocenters. The van der Waals surface area contributed by atoms with Crippen molar-refractivity contribution in [3.05, 3.63) is 28.8 Å². The summed E-state index contributed by atoms with van der Waals surface area (Å²) < 4.78 is 5.81. The molecule has 0 bridgehead atoms. The van der Waals surface area contributed by atoms with E-state index in [0.29, 0.717) is 31.1 Å². The van der Waals surface area contributed by atoms with E-state index >= 15 is 0 Å². The fourth-order valence-corrected chi connectivity index (χ4v) is 5.19. The lowest BCUT2D eigenvalue weighted by molar-refractivity contribution is -0.145. The molecule has 0 amide bonds. The van der Waals surface area contributed by atoms with Crippen molar-refractivity contribution in [2.45, 2.75) is 163 Å². The maximum Gasteiger partial charge on any atom is 0.306 e. The van der Waals surface area contributed by atoms with E-state index < -0.39 is 0 Å². The first-order chi connectivity index (χ1) is 17.7. The highest BCUT2D eigenvalue weighted by atomic mass is 16.5. The van der Waals surface area contributed by atoms with Gasteiger partial charge >= 0.3 is 5.97 Å². The Morgan fingerprint density at radius 2 is 1.30 bits per heavy atom. The largest absolute Gasteiger partial charge is 0.507 e. The summed E-state index contributed by atoms with van der Waals surface area (Å²) in [5.74, 6) is 0.780. The molecular weight excluding hydrogens is 456 g/mol. The molecule has 0 aliphatic rings. The summed E-state index contributed by atoms with van der Waals surface area (Å²) in [5, 5.41) is 10.5. The fraction of sp³-hybridized carbons (Fsp3) is 0.794. The first-order valence-electron chi connectivity index (χ1n) is 15.7. The molecule has 0 spiro atoms. The molecule has 1 aromatic carbocycles. The summed E-state index contributed by atoms with van der Waals surface area (Å²) in [6, 6.07) is 4.06. The van der Waals surface area contributed by atoms with Gasteiger partial charge in [0.15, 0.2) is 0 Å². The Balaban J connectivity index is 2.48. The molecule has 0 aliphatic heterocycles. The molecule has 214 valence electrons. The molecule has 0 heterocycles. The van der Waals surface area contributed by atoms with Crippen molar-refractivity contribution >= 4 is 5.97 Å². The van der Waals surface area contributed by atoms with Crippen molar-refractivity contribution in [2.24, 2.45) is 5.92 Å². The highest BCUT2D eigenvalue weighted by Gasteiger charge is 2.20. The van der Waals surface area contributed by atoms with Crippen LogP contribution < -0.4 is 0 Å².